The summed E-state index contributed by atoms with van der Waals surface area (Å²) in [6.45, 7) is 0. The molecule has 1 aromatic heterocycles. The zero-order chi connectivity index (χ0) is 18.0. The van der Waals surface area contributed by atoms with Crippen LogP contribution in [0.25, 0.3) is 16.3 Å². The first-order valence-electron chi connectivity index (χ1n) is 7.46. The van der Waals surface area contributed by atoms with Crippen molar-refractivity contribution in [1.29, 1.82) is 0 Å². The highest BCUT2D eigenvalue weighted by atomic mass is 32.2. The summed E-state index contributed by atoms with van der Waals surface area (Å²) in [5, 5.41) is 0. The van der Waals surface area contributed by atoms with Crippen LogP contribution in [0.5, 0.6) is 0 Å². The molecule has 2 aromatic carbocycles. The number of nitrogens with zero attached hydrogens (tertiary/aromatic N) is 2. The van der Waals surface area contributed by atoms with Crippen molar-refractivity contribution < 1.29 is 13.2 Å². The fraction of sp³-hybridized carbons (Fsp3) is 0.111. The molecule has 0 saturated carbocycles. The molecule has 0 bridgehead atoms. The van der Waals surface area contributed by atoms with Crippen LogP contribution in [-0.2, 0) is 21.7 Å². The van der Waals surface area contributed by atoms with E-state index in [0.29, 0.717) is 4.80 Å². The lowest BCUT2D eigenvalue weighted by molar-refractivity contribution is -0.113. The number of hydrogen-bond donors (Lipinski definition) is 0. The second kappa shape index (κ2) is 6.78. The monoisotopic (exact) mass is 372 g/mol. The lowest BCUT2D eigenvalue weighted by atomic mass is 10.2. The Morgan fingerprint density at radius 3 is 2.56 bits per heavy atom. The van der Waals surface area contributed by atoms with Crippen molar-refractivity contribution in [3.63, 3.8) is 0 Å². The van der Waals surface area contributed by atoms with E-state index in [1.807, 2.05) is 30.3 Å². The lowest BCUT2D eigenvalue weighted by Gasteiger charge is -1.98. The third kappa shape index (κ3) is 3.94. The molecular formula is C18H16N2O3S2. The van der Waals surface area contributed by atoms with Gasteiger partial charge in [0.15, 0.2) is 14.6 Å². The van der Waals surface area contributed by atoms with Crippen molar-refractivity contribution >= 4 is 43.4 Å². The number of aryl methyl sites for hydroxylation is 1. The molecule has 3 aromatic rings. The fourth-order valence-corrected chi connectivity index (χ4v) is 4.10. The van der Waals surface area contributed by atoms with Gasteiger partial charge < -0.3 is 4.57 Å². The summed E-state index contributed by atoms with van der Waals surface area (Å²) in [7, 11) is -1.47. The smallest absolute Gasteiger partial charge is 0.272 e. The molecule has 0 aliphatic carbocycles. The molecule has 0 aliphatic heterocycles. The van der Waals surface area contributed by atoms with E-state index in [1.54, 1.807) is 35.9 Å². The van der Waals surface area contributed by atoms with Gasteiger partial charge in [-0.2, -0.15) is 4.99 Å². The molecule has 0 unspecified atom stereocenters. The maximum atomic E-state index is 12.1. The molecule has 128 valence electrons. The molecule has 5 nitrogen and oxygen atoms in total. The first-order valence-corrected chi connectivity index (χ1v) is 10.2. The molecule has 3 rings (SSSR count). The number of aromatic nitrogens is 1. The first-order chi connectivity index (χ1) is 11.8. The Balaban J connectivity index is 1.97. The van der Waals surface area contributed by atoms with Crippen LogP contribution in [0.4, 0.5) is 0 Å². The van der Waals surface area contributed by atoms with Gasteiger partial charge in [0, 0.05) is 19.4 Å². The summed E-state index contributed by atoms with van der Waals surface area (Å²) in [5.74, 6) is -0.366. The average Bonchev–Trinajstić information content (AvgIpc) is 2.88. The molecule has 0 radical (unpaired) electrons. The van der Waals surface area contributed by atoms with Crippen molar-refractivity contribution in [3.05, 3.63) is 65.0 Å². The summed E-state index contributed by atoms with van der Waals surface area (Å²) in [5.41, 5.74) is 1.75. The minimum Gasteiger partial charge on any atom is -0.319 e. The maximum Gasteiger partial charge on any atom is 0.272 e. The summed E-state index contributed by atoms with van der Waals surface area (Å²) in [6, 6.07) is 14.4. The Bertz CT molecular complexity index is 1140. The fourth-order valence-electron chi connectivity index (χ4n) is 2.31. The van der Waals surface area contributed by atoms with Crippen LogP contribution in [0, 0.1) is 0 Å². The Kier molecular flexibility index (Phi) is 4.69. The molecule has 1 heterocycles. The standard InChI is InChI=1S/C18H16N2O3S2/c1-20-15-10-9-14(25(2,22)23)12-16(15)24-18(20)19-17(21)11-8-13-6-4-3-5-7-13/h3-12H,1-2H3/b11-8+,19-18-. The SMILES string of the molecule is Cn1/c(=N/C(=O)/C=C/c2ccccc2)sc2cc(S(C)(=O)=O)ccc21. The number of carbonyl (C=O) groups is 1. The molecule has 0 aliphatic rings. The number of sulfone groups is 1. The highest BCUT2D eigenvalue weighted by Crippen LogP contribution is 2.21. The van der Waals surface area contributed by atoms with Crippen molar-refractivity contribution in [2.24, 2.45) is 12.0 Å². The molecular weight excluding hydrogens is 356 g/mol. The predicted molar refractivity (Wildman–Crippen MR) is 100.0 cm³/mol. The van der Waals surface area contributed by atoms with Crippen molar-refractivity contribution in [2.75, 3.05) is 6.26 Å². The zero-order valence-electron chi connectivity index (χ0n) is 13.7. The highest BCUT2D eigenvalue weighted by Gasteiger charge is 2.10. The maximum absolute atomic E-state index is 12.1. The van der Waals surface area contributed by atoms with Gasteiger partial charge in [-0.25, -0.2) is 8.42 Å². The minimum absolute atomic E-state index is 0.253. The van der Waals surface area contributed by atoms with E-state index >= 15 is 0 Å². The molecule has 0 N–H and O–H groups in total. The normalized spacial score (nSPS) is 13.0. The number of carbonyl (C=O) groups excluding carboxylic acids is 1. The lowest BCUT2D eigenvalue weighted by Crippen LogP contribution is -2.12. The minimum atomic E-state index is -3.27. The van der Waals surface area contributed by atoms with Gasteiger partial charge in [-0.05, 0) is 29.8 Å². The number of hydrogen-bond acceptors (Lipinski definition) is 4. The molecule has 7 heteroatoms. The third-order valence-electron chi connectivity index (χ3n) is 3.63. The predicted octanol–water partition coefficient (Wildman–Crippen LogP) is 2.78. The van der Waals surface area contributed by atoms with Gasteiger partial charge >= 0.3 is 0 Å². The number of fused-ring (bicyclic) bond motifs is 1. The highest BCUT2D eigenvalue weighted by molar-refractivity contribution is 7.90. The molecule has 0 spiro atoms. The van der Waals surface area contributed by atoms with E-state index in [1.165, 1.54) is 23.7 Å². The van der Waals surface area contributed by atoms with Crippen LogP contribution in [-0.4, -0.2) is 25.1 Å². The van der Waals surface area contributed by atoms with Crippen LogP contribution < -0.4 is 4.80 Å². The van der Waals surface area contributed by atoms with E-state index in [9.17, 15) is 13.2 Å². The summed E-state index contributed by atoms with van der Waals surface area (Å²) in [4.78, 5) is 17.0. The quantitative estimate of drug-likeness (QED) is 0.664. The average molecular weight is 372 g/mol. The van der Waals surface area contributed by atoms with Crippen LogP contribution in [0.3, 0.4) is 0 Å². The largest absolute Gasteiger partial charge is 0.319 e. The van der Waals surface area contributed by atoms with Gasteiger partial charge in [-0.15, -0.1) is 0 Å². The van der Waals surface area contributed by atoms with Gasteiger partial charge in [0.1, 0.15) is 0 Å². The van der Waals surface area contributed by atoms with Crippen molar-refractivity contribution in [1.82, 2.24) is 4.57 Å². The molecule has 25 heavy (non-hydrogen) atoms. The second-order valence-corrected chi connectivity index (χ2v) is 8.56. The Morgan fingerprint density at radius 1 is 1.16 bits per heavy atom. The summed E-state index contributed by atoms with van der Waals surface area (Å²) < 4.78 is 25.9. The topological polar surface area (TPSA) is 68.5 Å². The van der Waals surface area contributed by atoms with Crippen LogP contribution >= 0.6 is 11.3 Å². The Hall–Kier alpha value is -2.51. The number of thiazole rings is 1. The molecule has 0 saturated heterocycles. The van der Waals surface area contributed by atoms with E-state index in [2.05, 4.69) is 4.99 Å². The van der Waals surface area contributed by atoms with Crippen molar-refractivity contribution in [2.45, 2.75) is 4.90 Å². The molecule has 0 fully saturated rings. The van der Waals surface area contributed by atoms with Gasteiger partial charge in [0.25, 0.3) is 5.91 Å². The third-order valence-corrected chi connectivity index (χ3v) is 5.84. The van der Waals surface area contributed by atoms with Gasteiger partial charge in [-0.3, -0.25) is 4.79 Å². The van der Waals surface area contributed by atoms with Crippen molar-refractivity contribution in [3.8, 4) is 0 Å². The molecule has 0 atom stereocenters. The van der Waals surface area contributed by atoms with E-state index in [-0.39, 0.29) is 10.8 Å². The van der Waals surface area contributed by atoms with Crippen LogP contribution in [0.1, 0.15) is 5.56 Å². The summed E-state index contributed by atoms with van der Waals surface area (Å²) in [6.07, 6.45) is 4.30. The summed E-state index contributed by atoms with van der Waals surface area (Å²) >= 11 is 1.28. The van der Waals surface area contributed by atoms with Crippen LogP contribution in [0.15, 0.2) is 64.5 Å². The van der Waals surface area contributed by atoms with E-state index < -0.39 is 9.84 Å². The first kappa shape index (κ1) is 17.3. The number of benzene rings is 2. The van der Waals surface area contributed by atoms with Crippen LogP contribution in [0.2, 0.25) is 0 Å². The second-order valence-electron chi connectivity index (χ2n) is 5.54. The number of rotatable bonds is 3. The van der Waals surface area contributed by atoms with Gasteiger partial charge in [-0.1, -0.05) is 41.7 Å². The van der Waals surface area contributed by atoms with Gasteiger partial charge in [0.2, 0.25) is 0 Å². The zero-order valence-corrected chi connectivity index (χ0v) is 15.3. The van der Waals surface area contributed by atoms with E-state index in [4.69, 9.17) is 0 Å². The Labute approximate surface area is 149 Å². The molecule has 1 amide bonds. The Morgan fingerprint density at radius 2 is 1.88 bits per heavy atom. The van der Waals surface area contributed by atoms with E-state index in [0.717, 1.165) is 15.8 Å². The number of amides is 1. The van der Waals surface area contributed by atoms with Gasteiger partial charge in [0.05, 0.1) is 15.1 Å².